The van der Waals surface area contributed by atoms with Gasteiger partial charge in [-0.05, 0) is 30.4 Å². The van der Waals surface area contributed by atoms with E-state index in [2.05, 4.69) is 6.58 Å². The second-order valence-electron chi connectivity index (χ2n) is 7.09. The zero-order valence-electron chi connectivity index (χ0n) is 16.6. The number of phenols is 1. The Morgan fingerprint density at radius 2 is 2.13 bits per heavy atom. The van der Waals surface area contributed by atoms with Crippen molar-refractivity contribution in [2.45, 2.75) is 52.2 Å². The highest BCUT2D eigenvalue weighted by molar-refractivity contribution is 5.94. The van der Waals surface area contributed by atoms with Gasteiger partial charge in [-0.25, -0.2) is 9.59 Å². The molecule has 164 valence electrons. The van der Waals surface area contributed by atoms with Crippen molar-refractivity contribution in [3.8, 4) is 5.75 Å². The van der Waals surface area contributed by atoms with Crippen molar-refractivity contribution >= 4 is 11.9 Å². The Hall–Kier alpha value is -2.86. The molecule has 0 fully saturated rings. The van der Waals surface area contributed by atoms with E-state index in [-0.39, 0.29) is 44.1 Å². The van der Waals surface area contributed by atoms with Gasteiger partial charge in [0.1, 0.15) is 24.0 Å². The second-order valence-corrected chi connectivity index (χ2v) is 7.09. The second kappa shape index (κ2) is 12.6. The summed E-state index contributed by atoms with van der Waals surface area (Å²) in [5.41, 5.74) is 0.793. The molecule has 6 heteroatoms. The molecule has 1 aliphatic heterocycles. The quantitative estimate of drug-likeness (QED) is 0.426. The van der Waals surface area contributed by atoms with Crippen LogP contribution in [0.4, 0.5) is 0 Å². The predicted octanol–water partition coefficient (Wildman–Crippen LogP) is 4.12. The first-order valence-electron chi connectivity index (χ1n) is 9.71. The van der Waals surface area contributed by atoms with Crippen LogP contribution >= 0.6 is 0 Å². The summed E-state index contributed by atoms with van der Waals surface area (Å²) in [6.45, 7) is 5.52. The zero-order valence-corrected chi connectivity index (χ0v) is 16.6. The van der Waals surface area contributed by atoms with Gasteiger partial charge in [0, 0.05) is 18.9 Å². The lowest BCUT2D eigenvalue weighted by Crippen LogP contribution is -2.28. The van der Waals surface area contributed by atoms with E-state index >= 15 is 0 Å². The number of phenolic OH excluding ortho intramolecular Hbond substituents is 1. The fourth-order valence-electron chi connectivity index (χ4n) is 3.08. The lowest BCUT2D eigenvalue weighted by Gasteiger charge is -2.24. The van der Waals surface area contributed by atoms with E-state index in [9.17, 15) is 19.8 Å². The molecule has 0 amide bonds. The van der Waals surface area contributed by atoms with Crippen LogP contribution in [0.2, 0.25) is 0 Å². The van der Waals surface area contributed by atoms with Crippen molar-refractivity contribution in [3.63, 3.8) is 0 Å². The number of carbonyl (C=O) groups is 2. The predicted molar refractivity (Wildman–Crippen MR) is 116 cm³/mol. The van der Waals surface area contributed by atoms with E-state index in [1.54, 1.807) is 18.2 Å². The van der Waals surface area contributed by atoms with Crippen molar-refractivity contribution < 1.29 is 29.3 Å². The number of benzene rings is 1. The molecule has 0 aliphatic carbocycles. The van der Waals surface area contributed by atoms with Crippen LogP contribution in [0.1, 0.15) is 49.5 Å². The smallest absolute Gasteiger partial charge is 0.342 e. The van der Waals surface area contributed by atoms with Gasteiger partial charge in [-0.1, -0.05) is 57.4 Å². The van der Waals surface area contributed by atoms with Gasteiger partial charge in [-0.3, -0.25) is 0 Å². The van der Waals surface area contributed by atoms with Gasteiger partial charge in [0.25, 0.3) is 0 Å². The maximum atomic E-state index is 12.8. The van der Waals surface area contributed by atoms with E-state index in [0.717, 1.165) is 0 Å². The van der Waals surface area contributed by atoms with Crippen molar-refractivity contribution in [2.24, 2.45) is 5.92 Å². The molecule has 0 aromatic heterocycles. The van der Waals surface area contributed by atoms with Gasteiger partial charge in [0.15, 0.2) is 0 Å². The maximum Gasteiger partial charge on any atom is 0.342 e. The maximum absolute atomic E-state index is 12.8. The SMILES string of the molecule is C.C=CCOC(=O)/C=C/C[C@H]1C[C@@H](O)[C@@H](C)C/C=C/Cc2cccc(O)c2C(=O)O1. The molecule has 1 heterocycles. The fourth-order valence-corrected chi connectivity index (χ4v) is 3.08. The molecule has 6 nitrogen and oxygen atoms in total. The van der Waals surface area contributed by atoms with Gasteiger partial charge in [0.05, 0.1) is 6.10 Å². The molecule has 3 atom stereocenters. The topological polar surface area (TPSA) is 93.1 Å². The largest absolute Gasteiger partial charge is 0.507 e. The molecule has 0 saturated carbocycles. The first-order valence-corrected chi connectivity index (χ1v) is 9.71. The molecule has 1 aliphatic rings. The van der Waals surface area contributed by atoms with E-state index < -0.39 is 24.1 Å². The summed E-state index contributed by atoms with van der Waals surface area (Å²) >= 11 is 0. The van der Waals surface area contributed by atoms with Gasteiger partial charge in [-0.15, -0.1) is 0 Å². The van der Waals surface area contributed by atoms with Crippen LogP contribution in [0, 0.1) is 5.92 Å². The van der Waals surface area contributed by atoms with Crippen LogP contribution in [0.15, 0.2) is 55.2 Å². The Bertz CT molecular complexity index is 780. The highest BCUT2D eigenvalue weighted by Crippen LogP contribution is 2.26. The van der Waals surface area contributed by atoms with Crippen LogP contribution in [-0.2, 0) is 20.7 Å². The number of allylic oxidation sites excluding steroid dienone is 2. The van der Waals surface area contributed by atoms with Crippen LogP contribution in [0.25, 0.3) is 0 Å². The average molecular weight is 417 g/mol. The molecule has 0 spiro atoms. The molecule has 2 rings (SSSR count). The van der Waals surface area contributed by atoms with Gasteiger partial charge >= 0.3 is 11.9 Å². The monoisotopic (exact) mass is 416 g/mol. The summed E-state index contributed by atoms with van der Waals surface area (Å²) in [6, 6.07) is 4.90. The Balaban J connectivity index is 0.00000450. The first kappa shape index (κ1) is 25.2. The average Bonchev–Trinajstić information content (AvgIpc) is 2.68. The minimum absolute atomic E-state index is 0. The number of aromatic hydroxyl groups is 1. The summed E-state index contributed by atoms with van der Waals surface area (Å²) < 4.78 is 10.5. The van der Waals surface area contributed by atoms with Gasteiger partial charge in [0.2, 0.25) is 0 Å². The minimum atomic E-state index is -0.679. The Morgan fingerprint density at radius 1 is 1.37 bits per heavy atom. The molecule has 0 saturated heterocycles. The number of esters is 2. The summed E-state index contributed by atoms with van der Waals surface area (Å²) in [7, 11) is 0. The van der Waals surface area contributed by atoms with Gasteiger partial charge < -0.3 is 19.7 Å². The van der Waals surface area contributed by atoms with Crippen LogP contribution in [0.3, 0.4) is 0 Å². The number of aliphatic hydroxyl groups is 1. The van der Waals surface area contributed by atoms with E-state index in [0.29, 0.717) is 18.4 Å². The van der Waals surface area contributed by atoms with Crippen LogP contribution < -0.4 is 0 Å². The number of rotatable bonds is 5. The van der Waals surface area contributed by atoms with E-state index in [1.807, 2.05) is 19.1 Å². The lowest BCUT2D eigenvalue weighted by molar-refractivity contribution is -0.136. The summed E-state index contributed by atoms with van der Waals surface area (Å²) in [6.07, 6.45) is 8.45. The Labute approximate surface area is 178 Å². The fraction of sp³-hybridized carbons (Fsp3) is 0.417. The number of carbonyl (C=O) groups excluding carboxylic acids is 2. The third-order valence-electron chi connectivity index (χ3n) is 4.78. The van der Waals surface area contributed by atoms with E-state index in [1.165, 1.54) is 18.2 Å². The normalized spacial score (nSPS) is 23.1. The van der Waals surface area contributed by atoms with Crippen LogP contribution in [0.5, 0.6) is 5.75 Å². The Kier molecular flexibility index (Phi) is 10.6. The molecular formula is C24H32O6. The van der Waals surface area contributed by atoms with Crippen LogP contribution in [-0.4, -0.2) is 41.0 Å². The van der Waals surface area contributed by atoms with Crippen molar-refractivity contribution in [2.75, 3.05) is 6.61 Å². The molecule has 2 N–H and O–H groups in total. The number of hydrogen-bond donors (Lipinski definition) is 2. The molecule has 0 bridgehead atoms. The number of ether oxygens (including phenoxy) is 2. The summed E-state index contributed by atoms with van der Waals surface area (Å²) in [5, 5.41) is 20.7. The van der Waals surface area contributed by atoms with E-state index in [4.69, 9.17) is 9.47 Å². The molecule has 1 aromatic carbocycles. The third kappa shape index (κ3) is 7.52. The van der Waals surface area contributed by atoms with Gasteiger partial charge in [-0.2, -0.15) is 0 Å². The number of aliphatic hydroxyl groups excluding tert-OH is 1. The highest BCUT2D eigenvalue weighted by Gasteiger charge is 2.25. The zero-order chi connectivity index (χ0) is 21.2. The molecule has 1 aromatic rings. The standard InChI is InChI=1S/C23H28O6.CH4/c1-3-14-28-21(26)13-7-11-18-15-20(25)16(2)8-4-5-9-17-10-6-12-19(24)22(17)23(27)29-18;/h3-7,10,12-13,16,18,20,24-25H,1,8-9,11,14-15H2,2H3;1H4/b5-4+,13-7+;/t16-,18-,20+;/m0./s1. The molecule has 0 radical (unpaired) electrons. The minimum Gasteiger partial charge on any atom is -0.507 e. The molecular weight excluding hydrogens is 384 g/mol. The number of fused-ring (bicyclic) bond motifs is 1. The van der Waals surface area contributed by atoms with Crippen molar-refractivity contribution in [3.05, 3.63) is 66.3 Å². The highest BCUT2D eigenvalue weighted by atomic mass is 16.5. The first-order chi connectivity index (χ1) is 13.9. The Morgan fingerprint density at radius 3 is 2.87 bits per heavy atom. The lowest BCUT2D eigenvalue weighted by atomic mass is 9.93. The van der Waals surface area contributed by atoms with Crippen molar-refractivity contribution in [1.82, 2.24) is 0 Å². The third-order valence-corrected chi connectivity index (χ3v) is 4.78. The summed E-state index contributed by atoms with van der Waals surface area (Å²) in [5.74, 6) is -1.34. The molecule has 0 unspecified atom stereocenters. The number of cyclic esters (lactones) is 1. The van der Waals surface area contributed by atoms with Crippen molar-refractivity contribution in [1.29, 1.82) is 0 Å². The summed E-state index contributed by atoms with van der Waals surface area (Å²) in [4.78, 5) is 24.3. The molecule has 30 heavy (non-hydrogen) atoms. The number of hydrogen-bond acceptors (Lipinski definition) is 6.